The molecule has 1 saturated heterocycles. The molecular formula is C13H18FN3O3S. The van der Waals surface area contributed by atoms with Crippen LogP contribution >= 0.6 is 0 Å². The highest BCUT2D eigenvalue weighted by Gasteiger charge is 2.48. The van der Waals surface area contributed by atoms with E-state index in [4.69, 9.17) is 5.73 Å². The maximum atomic E-state index is 13.9. The Morgan fingerprint density at radius 1 is 1.29 bits per heavy atom. The Morgan fingerprint density at radius 3 is 2.48 bits per heavy atom. The number of piperazine rings is 1. The summed E-state index contributed by atoms with van der Waals surface area (Å²) in [4.78, 5) is 13.1. The summed E-state index contributed by atoms with van der Waals surface area (Å²) >= 11 is 0. The molecule has 2 rings (SSSR count). The molecule has 8 heteroatoms. The summed E-state index contributed by atoms with van der Waals surface area (Å²) in [6, 6.07) is 3.69. The number of hydrogen-bond donors (Lipinski definition) is 1. The van der Waals surface area contributed by atoms with Crippen LogP contribution in [-0.4, -0.2) is 49.2 Å². The second-order valence-electron chi connectivity index (χ2n) is 5.52. The second kappa shape index (κ2) is 4.96. The first-order chi connectivity index (χ1) is 9.60. The van der Waals surface area contributed by atoms with Crippen molar-refractivity contribution in [1.82, 2.24) is 9.21 Å². The van der Waals surface area contributed by atoms with Crippen molar-refractivity contribution >= 4 is 21.6 Å². The largest absolute Gasteiger partial charge is 0.398 e. The van der Waals surface area contributed by atoms with E-state index in [2.05, 4.69) is 0 Å². The molecule has 1 aliphatic rings. The van der Waals surface area contributed by atoms with Gasteiger partial charge in [0.25, 0.3) is 0 Å². The lowest BCUT2D eigenvalue weighted by Crippen LogP contribution is -2.63. The number of carbonyl (C=O) groups is 1. The van der Waals surface area contributed by atoms with Gasteiger partial charge in [0, 0.05) is 20.1 Å². The van der Waals surface area contributed by atoms with Gasteiger partial charge in [-0.3, -0.25) is 4.79 Å². The Bertz CT molecular complexity index is 668. The van der Waals surface area contributed by atoms with Crippen LogP contribution in [0.15, 0.2) is 23.1 Å². The lowest BCUT2D eigenvalue weighted by Gasteiger charge is -2.43. The van der Waals surface area contributed by atoms with Crippen LogP contribution in [0.5, 0.6) is 0 Å². The minimum Gasteiger partial charge on any atom is -0.398 e. The van der Waals surface area contributed by atoms with Crippen molar-refractivity contribution in [2.45, 2.75) is 24.3 Å². The monoisotopic (exact) mass is 315 g/mol. The molecule has 0 unspecified atom stereocenters. The minimum absolute atomic E-state index is 0.0886. The third kappa shape index (κ3) is 2.38. The molecule has 0 spiro atoms. The maximum absolute atomic E-state index is 13.9. The van der Waals surface area contributed by atoms with Crippen LogP contribution in [-0.2, 0) is 14.8 Å². The lowest BCUT2D eigenvalue weighted by molar-refractivity contribution is -0.142. The smallest absolute Gasteiger partial charge is 0.249 e. The van der Waals surface area contributed by atoms with E-state index in [1.807, 2.05) is 0 Å². The van der Waals surface area contributed by atoms with Gasteiger partial charge in [0.1, 0.15) is 16.3 Å². The summed E-state index contributed by atoms with van der Waals surface area (Å²) in [5, 5.41) is 0. The van der Waals surface area contributed by atoms with E-state index in [1.54, 1.807) is 7.05 Å². The topological polar surface area (TPSA) is 83.7 Å². The zero-order valence-electron chi connectivity index (χ0n) is 12.1. The van der Waals surface area contributed by atoms with Crippen LogP contribution in [0.2, 0.25) is 0 Å². The SMILES string of the molecule is CN1CCN(S(=O)(=O)c2c(N)cccc2F)C(C)(C)C1=O. The predicted molar refractivity (Wildman–Crippen MR) is 76.4 cm³/mol. The number of anilines is 1. The number of sulfonamides is 1. The van der Waals surface area contributed by atoms with Gasteiger partial charge in [-0.1, -0.05) is 6.07 Å². The molecule has 1 fully saturated rings. The quantitative estimate of drug-likeness (QED) is 0.812. The van der Waals surface area contributed by atoms with Crippen molar-refractivity contribution in [3.05, 3.63) is 24.0 Å². The fourth-order valence-corrected chi connectivity index (χ4v) is 4.43. The summed E-state index contributed by atoms with van der Waals surface area (Å²) in [6.45, 7) is 3.33. The summed E-state index contributed by atoms with van der Waals surface area (Å²) in [5.74, 6) is -1.26. The molecular weight excluding hydrogens is 297 g/mol. The normalized spacial score (nSPS) is 19.8. The average molecular weight is 315 g/mol. The Kier molecular flexibility index (Phi) is 3.71. The van der Waals surface area contributed by atoms with E-state index in [0.717, 1.165) is 10.4 Å². The van der Waals surface area contributed by atoms with Crippen LogP contribution in [0.4, 0.5) is 10.1 Å². The van der Waals surface area contributed by atoms with Crippen LogP contribution in [0.1, 0.15) is 13.8 Å². The number of benzene rings is 1. The van der Waals surface area contributed by atoms with Crippen LogP contribution < -0.4 is 5.73 Å². The average Bonchev–Trinajstić information content (AvgIpc) is 2.35. The maximum Gasteiger partial charge on any atom is 0.249 e. The first kappa shape index (κ1) is 15.7. The number of rotatable bonds is 2. The van der Waals surface area contributed by atoms with Gasteiger partial charge in [0.15, 0.2) is 0 Å². The van der Waals surface area contributed by atoms with Crippen molar-refractivity contribution in [3.63, 3.8) is 0 Å². The van der Waals surface area contributed by atoms with Crippen molar-refractivity contribution in [3.8, 4) is 0 Å². The van der Waals surface area contributed by atoms with E-state index in [0.29, 0.717) is 0 Å². The Labute approximate surface area is 123 Å². The van der Waals surface area contributed by atoms with E-state index in [1.165, 1.54) is 30.9 Å². The zero-order chi connectivity index (χ0) is 16.0. The molecule has 116 valence electrons. The van der Waals surface area contributed by atoms with Gasteiger partial charge in [0.05, 0.1) is 5.69 Å². The van der Waals surface area contributed by atoms with Crippen molar-refractivity contribution in [1.29, 1.82) is 0 Å². The highest BCUT2D eigenvalue weighted by molar-refractivity contribution is 7.89. The third-order valence-electron chi connectivity index (χ3n) is 3.68. The number of amides is 1. The predicted octanol–water partition coefficient (Wildman–Crippen LogP) is 0.649. The van der Waals surface area contributed by atoms with Gasteiger partial charge in [-0.15, -0.1) is 0 Å². The van der Waals surface area contributed by atoms with E-state index in [9.17, 15) is 17.6 Å². The van der Waals surface area contributed by atoms with Crippen molar-refractivity contribution in [2.24, 2.45) is 0 Å². The standard InChI is InChI=1S/C13H18FN3O3S/c1-13(2)12(18)16(3)7-8-17(13)21(19,20)11-9(14)5-4-6-10(11)15/h4-6H,7-8,15H2,1-3H3. The molecule has 0 aliphatic carbocycles. The van der Waals surface area contributed by atoms with Gasteiger partial charge in [0.2, 0.25) is 15.9 Å². The molecule has 0 radical (unpaired) electrons. The van der Waals surface area contributed by atoms with Gasteiger partial charge < -0.3 is 10.6 Å². The summed E-state index contributed by atoms with van der Waals surface area (Å²) < 4.78 is 40.4. The molecule has 1 aromatic rings. The fourth-order valence-electron chi connectivity index (χ4n) is 2.52. The molecule has 0 saturated carbocycles. The second-order valence-corrected chi connectivity index (χ2v) is 7.32. The Balaban J connectivity index is 2.57. The number of hydrogen-bond acceptors (Lipinski definition) is 4. The van der Waals surface area contributed by atoms with Gasteiger partial charge in [-0.05, 0) is 26.0 Å². The van der Waals surface area contributed by atoms with Crippen LogP contribution in [0.3, 0.4) is 0 Å². The molecule has 0 aromatic heterocycles. The summed E-state index contributed by atoms with van der Waals surface area (Å²) in [7, 11) is -2.60. The summed E-state index contributed by atoms with van der Waals surface area (Å²) in [6.07, 6.45) is 0. The van der Waals surface area contributed by atoms with Crippen LogP contribution in [0, 0.1) is 5.82 Å². The molecule has 1 amide bonds. The molecule has 1 aromatic carbocycles. The van der Waals surface area contributed by atoms with E-state index >= 15 is 0 Å². The molecule has 0 bridgehead atoms. The first-order valence-corrected chi connectivity index (χ1v) is 7.86. The number of halogens is 1. The van der Waals surface area contributed by atoms with Crippen LogP contribution in [0.25, 0.3) is 0 Å². The molecule has 21 heavy (non-hydrogen) atoms. The van der Waals surface area contributed by atoms with Gasteiger partial charge in [-0.25, -0.2) is 12.8 Å². The number of nitrogens with zero attached hydrogens (tertiary/aromatic N) is 2. The molecule has 1 aliphatic heterocycles. The molecule has 0 atom stereocenters. The molecule has 1 heterocycles. The van der Waals surface area contributed by atoms with E-state index in [-0.39, 0.29) is 24.7 Å². The number of nitrogens with two attached hydrogens (primary N) is 1. The number of likely N-dealkylation sites (N-methyl/N-ethyl adjacent to an activating group) is 1. The minimum atomic E-state index is -4.20. The highest BCUT2D eigenvalue weighted by Crippen LogP contribution is 2.32. The van der Waals surface area contributed by atoms with E-state index < -0.39 is 26.3 Å². The van der Waals surface area contributed by atoms with Crippen molar-refractivity contribution < 1.29 is 17.6 Å². The zero-order valence-corrected chi connectivity index (χ0v) is 12.9. The van der Waals surface area contributed by atoms with Crippen molar-refractivity contribution in [2.75, 3.05) is 25.9 Å². The summed E-state index contributed by atoms with van der Waals surface area (Å²) in [5.41, 5.74) is 4.16. The lowest BCUT2D eigenvalue weighted by atomic mass is 10.0. The third-order valence-corrected chi connectivity index (χ3v) is 5.84. The van der Waals surface area contributed by atoms with Gasteiger partial charge >= 0.3 is 0 Å². The van der Waals surface area contributed by atoms with Gasteiger partial charge in [-0.2, -0.15) is 4.31 Å². The Hall–Kier alpha value is -1.67. The number of carbonyl (C=O) groups excluding carboxylic acids is 1. The fraction of sp³-hybridized carbons (Fsp3) is 0.462. The number of nitrogen functional groups attached to an aromatic ring is 1. The molecule has 6 nitrogen and oxygen atoms in total. The highest BCUT2D eigenvalue weighted by atomic mass is 32.2. The Morgan fingerprint density at radius 2 is 1.90 bits per heavy atom. The molecule has 2 N–H and O–H groups in total. The first-order valence-electron chi connectivity index (χ1n) is 6.42.